The van der Waals surface area contributed by atoms with E-state index < -0.39 is 11.9 Å². The summed E-state index contributed by atoms with van der Waals surface area (Å²) in [5.41, 5.74) is 0. The van der Waals surface area contributed by atoms with Gasteiger partial charge in [-0.05, 0) is 31.2 Å². The van der Waals surface area contributed by atoms with Gasteiger partial charge in [0.15, 0.2) is 0 Å². The van der Waals surface area contributed by atoms with E-state index in [2.05, 4.69) is 0 Å². The Balaban J connectivity index is 2.13. The third kappa shape index (κ3) is 3.33. The van der Waals surface area contributed by atoms with Gasteiger partial charge in [0.05, 0.1) is 12.1 Å². The number of rotatable bonds is 5. The van der Waals surface area contributed by atoms with Crippen LogP contribution in [0.4, 0.5) is 0 Å². The first-order valence-electron chi connectivity index (χ1n) is 6.13. The average molecular weight is 295 g/mol. The molecule has 1 unspecified atom stereocenters. The molecular weight excluding hydrogens is 280 g/mol. The standard InChI is InChI=1S/C15H15ClO4/c1-10-7-8-13(20-10)11(15(17)18-2)9-19-14-6-4-3-5-12(14)16/h3-8,11H,9H2,1-2H3. The molecule has 0 amide bonds. The molecule has 0 fully saturated rings. The molecule has 5 heteroatoms. The highest BCUT2D eigenvalue weighted by Gasteiger charge is 2.26. The summed E-state index contributed by atoms with van der Waals surface area (Å²) in [6.45, 7) is 1.91. The topological polar surface area (TPSA) is 48.7 Å². The van der Waals surface area contributed by atoms with Crippen molar-refractivity contribution >= 4 is 17.6 Å². The molecule has 0 aliphatic carbocycles. The van der Waals surface area contributed by atoms with Crippen molar-refractivity contribution in [3.8, 4) is 5.75 Å². The molecule has 20 heavy (non-hydrogen) atoms. The lowest BCUT2D eigenvalue weighted by atomic mass is 10.1. The minimum atomic E-state index is -0.620. The van der Waals surface area contributed by atoms with Gasteiger partial charge >= 0.3 is 5.97 Å². The van der Waals surface area contributed by atoms with Crippen molar-refractivity contribution < 1.29 is 18.7 Å². The Morgan fingerprint density at radius 1 is 1.30 bits per heavy atom. The number of hydrogen-bond acceptors (Lipinski definition) is 4. The first kappa shape index (κ1) is 14.5. The monoisotopic (exact) mass is 294 g/mol. The number of aryl methyl sites for hydroxylation is 1. The Kier molecular flexibility index (Phi) is 4.69. The highest BCUT2D eigenvalue weighted by atomic mass is 35.5. The predicted octanol–water partition coefficient (Wildman–Crippen LogP) is 3.58. The first-order chi connectivity index (χ1) is 9.61. The van der Waals surface area contributed by atoms with Gasteiger partial charge in [-0.2, -0.15) is 0 Å². The van der Waals surface area contributed by atoms with Crippen molar-refractivity contribution in [3.05, 3.63) is 52.9 Å². The Labute approximate surface area is 122 Å². The molecular formula is C15H15ClO4. The molecule has 1 aromatic heterocycles. The fraction of sp³-hybridized carbons (Fsp3) is 0.267. The lowest BCUT2D eigenvalue weighted by molar-refractivity contribution is -0.143. The molecule has 0 aliphatic heterocycles. The van der Waals surface area contributed by atoms with Gasteiger partial charge in [0.25, 0.3) is 0 Å². The van der Waals surface area contributed by atoms with E-state index >= 15 is 0 Å². The molecule has 1 heterocycles. The quantitative estimate of drug-likeness (QED) is 0.791. The maximum atomic E-state index is 11.8. The van der Waals surface area contributed by atoms with Crippen LogP contribution in [0.1, 0.15) is 17.4 Å². The second-order valence-corrected chi connectivity index (χ2v) is 4.67. The number of benzene rings is 1. The molecule has 0 spiro atoms. The second-order valence-electron chi connectivity index (χ2n) is 4.27. The highest BCUT2D eigenvalue weighted by Crippen LogP contribution is 2.26. The van der Waals surface area contributed by atoms with Crippen molar-refractivity contribution in [1.29, 1.82) is 0 Å². The van der Waals surface area contributed by atoms with Gasteiger partial charge in [0, 0.05) is 0 Å². The summed E-state index contributed by atoms with van der Waals surface area (Å²) in [6, 6.07) is 10.6. The van der Waals surface area contributed by atoms with Gasteiger partial charge in [-0.3, -0.25) is 4.79 Å². The molecule has 1 aromatic carbocycles. The first-order valence-corrected chi connectivity index (χ1v) is 6.51. The molecule has 0 saturated heterocycles. The molecule has 0 saturated carbocycles. The van der Waals surface area contributed by atoms with E-state index in [1.807, 2.05) is 19.1 Å². The fourth-order valence-electron chi connectivity index (χ4n) is 1.78. The minimum absolute atomic E-state index is 0.101. The zero-order valence-corrected chi connectivity index (χ0v) is 12.0. The number of para-hydroxylation sites is 1. The summed E-state index contributed by atoms with van der Waals surface area (Å²) in [5, 5.41) is 0.492. The molecule has 2 aromatic rings. The minimum Gasteiger partial charge on any atom is -0.491 e. The van der Waals surface area contributed by atoms with Crippen LogP contribution in [0.2, 0.25) is 5.02 Å². The van der Waals surface area contributed by atoms with Crippen molar-refractivity contribution in [2.45, 2.75) is 12.8 Å². The number of hydrogen-bond donors (Lipinski definition) is 0. The smallest absolute Gasteiger partial charge is 0.319 e. The van der Waals surface area contributed by atoms with Crippen LogP contribution in [0.15, 0.2) is 40.8 Å². The molecule has 2 rings (SSSR count). The molecule has 0 bridgehead atoms. The van der Waals surface area contributed by atoms with Gasteiger partial charge in [0.2, 0.25) is 0 Å². The third-order valence-electron chi connectivity index (χ3n) is 2.83. The lowest BCUT2D eigenvalue weighted by Crippen LogP contribution is -2.21. The molecule has 106 valence electrons. The average Bonchev–Trinajstić information content (AvgIpc) is 2.87. The Morgan fingerprint density at radius 2 is 2.05 bits per heavy atom. The van der Waals surface area contributed by atoms with Crippen LogP contribution >= 0.6 is 11.6 Å². The van der Waals surface area contributed by atoms with Gasteiger partial charge < -0.3 is 13.9 Å². The molecule has 1 atom stereocenters. The van der Waals surface area contributed by atoms with Crippen molar-refractivity contribution in [2.24, 2.45) is 0 Å². The number of methoxy groups -OCH3 is 1. The van der Waals surface area contributed by atoms with Crippen molar-refractivity contribution in [2.75, 3.05) is 13.7 Å². The number of carbonyl (C=O) groups is 1. The summed E-state index contributed by atoms with van der Waals surface area (Å²) in [6.07, 6.45) is 0. The number of ether oxygens (including phenoxy) is 2. The summed E-state index contributed by atoms with van der Waals surface area (Å²) in [7, 11) is 1.33. The van der Waals surface area contributed by atoms with Crippen LogP contribution in [-0.2, 0) is 9.53 Å². The number of esters is 1. The van der Waals surface area contributed by atoms with Crippen LogP contribution < -0.4 is 4.74 Å². The summed E-state index contributed by atoms with van der Waals surface area (Å²) in [4.78, 5) is 11.8. The van der Waals surface area contributed by atoms with E-state index in [9.17, 15) is 4.79 Å². The van der Waals surface area contributed by atoms with Gasteiger partial charge in [-0.15, -0.1) is 0 Å². The highest BCUT2D eigenvalue weighted by molar-refractivity contribution is 6.32. The van der Waals surface area contributed by atoms with Crippen LogP contribution in [-0.4, -0.2) is 19.7 Å². The van der Waals surface area contributed by atoms with Gasteiger partial charge in [-0.25, -0.2) is 0 Å². The second kappa shape index (κ2) is 6.48. The van der Waals surface area contributed by atoms with Crippen molar-refractivity contribution in [3.63, 3.8) is 0 Å². The SMILES string of the molecule is COC(=O)C(COc1ccccc1Cl)c1ccc(C)o1. The maximum absolute atomic E-state index is 11.8. The zero-order valence-electron chi connectivity index (χ0n) is 11.3. The third-order valence-corrected chi connectivity index (χ3v) is 3.14. The molecule has 0 N–H and O–H groups in total. The summed E-state index contributed by atoms with van der Waals surface area (Å²) < 4.78 is 15.8. The van der Waals surface area contributed by atoms with Gasteiger partial charge in [-0.1, -0.05) is 23.7 Å². The van der Waals surface area contributed by atoms with Crippen LogP contribution in [0.3, 0.4) is 0 Å². The number of carbonyl (C=O) groups excluding carboxylic acids is 1. The fourth-order valence-corrected chi connectivity index (χ4v) is 1.97. The predicted molar refractivity (Wildman–Crippen MR) is 75.1 cm³/mol. The maximum Gasteiger partial charge on any atom is 0.319 e. The van der Waals surface area contributed by atoms with E-state index in [0.717, 1.165) is 5.76 Å². The van der Waals surface area contributed by atoms with Crippen LogP contribution in [0, 0.1) is 6.92 Å². The van der Waals surface area contributed by atoms with Crippen LogP contribution in [0.25, 0.3) is 0 Å². The molecule has 4 nitrogen and oxygen atoms in total. The molecule has 0 radical (unpaired) electrons. The largest absolute Gasteiger partial charge is 0.491 e. The Morgan fingerprint density at radius 3 is 2.65 bits per heavy atom. The van der Waals surface area contributed by atoms with E-state index in [1.165, 1.54) is 7.11 Å². The normalized spacial score (nSPS) is 11.9. The lowest BCUT2D eigenvalue weighted by Gasteiger charge is -2.14. The summed E-state index contributed by atoms with van der Waals surface area (Å²) >= 11 is 6.01. The summed E-state index contributed by atoms with van der Waals surface area (Å²) in [5.74, 6) is 0.732. The van der Waals surface area contributed by atoms with Crippen molar-refractivity contribution in [1.82, 2.24) is 0 Å². The van der Waals surface area contributed by atoms with E-state index in [0.29, 0.717) is 16.5 Å². The number of halogens is 1. The number of furan rings is 1. The van der Waals surface area contributed by atoms with E-state index in [1.54, 1.807) is 24.3 Å². The zero-order chi connectivity index (χ0) is 14.5. The Bertz CT molecular complexity index is 591. The van der Waals surface area contributed by atoms with Crippen LogP contribution in [0.5, 0.6) is 5.75 Å². The Hall–Kier alpha value is -1.94. The van der Waals surface area contributed by atoms with E-state index in [4.69, 9.17) is 25.5 Å². The molecule has 0 aliphatic rings. The van der Waals surface area contributed by atoms with Gasteiger partial charge in [0.1, 0.15) is 29.8 Å². The van der Waals surface area contributed by atoms with E-state index in [-0.39, 0.29) is 6.61 Å².